The van der Waals surface area contributed by atoms with Crippen molar-refractivity contribution in [2.45, 2.75) is 19.8 Å². The molecule has 136 valence electrons. The summed E-state index contributed by atoms with van der Waals surface area (Å²) in [6.07, 6.45) is 3.42. The minimum atomic E-state index is 0.434. The monoisotopic (exact) mass is 358 g/mol. The van der Waals surface area contributed by atoms with Crippen LogP contribution in [-0.4, -0.2) is 14.5 Å². The Hall–Kier alpha value is -3.34. The highest BCUT2D eigenvalue weighted by molar-refractivity contribution is 5.81. The summed E-state index contributed by atoms with van der Waals surface area (Å²) in [5.41, 5.74) is 4.28. The number of anilines is 2. The third-order valence-electron chi connectivity index (χ3n) is 4.57. The Morgan fingerprint density at radius 2 is 1.74 bits per heavy atom. The van der Waals surface area contributed by atoms with Crippen LogP contribution in [0, 0.1) is 0 Å². The number of hydrogen-bond donors (Lipinski definition) is 1. The Kier molecular flexibility index (Phi) is 4.50. The lowest BCUT2D eigenvalue weighted by atomic mass is 10.0. The zero-order valence-electron chi connectivity index (χ0n) is 15.7. The van der Waals surface area contributed by atoms with Crippen LogP contribution in [0.1, 0.15) is 25.3 Å². The molecule has 0 aliphatic carbocycles. The second-order valence-corrected chi connectivity index (χ2v) is 6.80. The summed E-state index contributed by atoms with van der Waals surface area (Å²) in [6.45, 7) is 4.39. The molecule has 0 bridgehead atoms. The molecule has 2 heterocycles. The SMILES string of the molecule is CC(C)c1ccccc1Nc1nc2cc(Oc3ccncc3)ccc2n1C. The van der Waals surface area contributed by atoms with Gasteiger partial charge in [-0.3, -0.25) is 4.98 Å². The van der Waals surface area contributed by atoms with E-state index in [1.165, 1.54) is 5.56 Å². The Morgan fingerprint density at radius 3 is 2.52 bits per heavy atom. The Morgan fingerprint density at radius 1 is 0.963 bits per heavy atom. The van der Waals surface area contributed by atoms with Crippen LogP contribution in [0.2, 0.25) is 0 Å². The number of benzene rings is 2. The summed E-state index contributed by atoms with van der Waals surface area (Å²) in [7, 11) is 2.01. The van der Waals surface area contributed by atoms with Gasteiger partial charge in [0.1, 0.15) is 11.5 Å². The molecular formula is C22H22N4O. The number of para-hydroxylation sites is 1. The Bertz CT molecular complexity index is 1070. The molecule has 0 aliphatic rings. The van der Waals surface area contributed by atoms with E-state index in [-0.39, 0.29) is 0 Å². The third-order valence-corrected chi connectivity index (χ3v) is 4.57. The number of aromatic nitrogens is 3. The first-order chi connectivity index (χ1) is 13.1. The molecule has 4 rings (SSSR count). The zero-order chi connectivity index (χ0) is 18.8. The van der Waals surface area contributed by atoms with E-state index in [0.29, 0.717) is 5.92 Å². The van der Waals surface area contributed by atoms with Gasteiger partial charge in [-0.25, -0.2) is 4.98 Å². The number of fused-ring (bicyclic) bond motifs is 1. The first-order valence-electron chi connectivity index (χ1n) is 9.02. The van der Waals surface area contributed by atoms with E-state index in [1.807, 2.05) is 43.4 Å². The first-order valence-corrected chi connectivity index (χ1v) is 9.02. The molecule has 0 saturated heterocycles. The van der Waals surface area contributed by atoms with Gasteiger partial charge < -0.3 is 14.6 Å². The van der Waals surface area contributed by atoms with Gasteiger partial charge in [-0.05, 0) is 41.8 Å². The molecule has 4 aromatic rings. The third kappa shape index (κ3) is 3.49. The molecule has 0 spiro atoms. The minimum Gasteiger partial charge on any atom is -0.457 e. The van der Waals surface area contributed by atoms with E-state index in [4.69, 9.17) is 9.72 Å². The zero-order valence-corrected chi connectivity index (χ0v) is 15.7. The highest BCUT2D eigenvalue weighted by Gasteiger charge is 2.12. The molecule has 5 nitrogen and oxygen atoms in total. The predicted molar refractivity (Wildman–Crippen MR) is 109 cm³/mol. The van der Waals surface area contributed by atoms with Crippen molar-refractivity contribution in [2.24, 2.45) is 7.05 Å². The molecule has 0 saturated carbocycles. The van der Waals surface area contributed by atoms with Crippen LogP contribution in [0.4, 0.5) is 11.6 Å². The van der Waals surface area contributed by atoms with Gasteiger partial charge in [0.15, 0.2) is 0 Å². The van der Waals surface area contributed by atoms with Crippen molar-refractivity contribution in [3.63, 3.8) is 0 Å². The average molecular weight is 358 g/mol. The van der Waals surface area contributed by atoms with Gasteiger partial charge in [0.2, 0.25) is 5.95 Å². The maximum Gasteiger partial charge on any atom is 0.208 e. The van der Waals surface area contributed by atoms with Crippen molar-refractivity contribution in [3.05, 3.63) is 72.6 Å². The van der Waals surface area contributed by atoms with E-state index >= 15 is 0 Å². The molecule has 1 N–H and O–H groups in total. The summed E-state index contributed by atoms with van der Waals surface area (Å²) in [6, 6.07) is 17.9. The Balaban J connectivity index is 1.66. The molecule has 0 radical (unpaired) electrons. The number of rotatable bonds is 5. The molecule has 0 fully saturated rings. The van der Waals surface area contributed by atoms with Crippen LogP contribution >= 0.6 is 0 Å². The smallest absolute Gasteiger partial charge is 0.208 e. The largest absolute Gasteiger partial charge is 0.457 e. The van der Waals surface area contributed by atoms with Crippen molar-refractivity contribution < 1.29 is 4.74 Å². The van der Waals surface area contributed by atoms with E-state index in [2.05, 4.69) is 46.9 Å². The average Bonchev–Trinajstić information content (AvgIpc) is 2.98. The van der Waals surface area contributed by atoms with Gasteiger partial charge in [-0.1, -0.05) is 32.0 Å². The standard InChI is InChI=1S/C22H22N4O/c1-15(2)18-6-4-5-7-19(18)24-22-25-20-14-17(8-9-21(20)26(22)3)27-16-10-12-23-13-11-16/h4-15H,1-3H3,(H,24,25). The summed E-state index contributed by atoms with van der Waals surface area (Å²) >= 11 is 0. The molecule has 2 aromatic carbocycles. The second kappa shape index (κ2) is 7.11. The quantitative estimate of drug-likeness (QED) is 0.502. The topological polar surface area (TPSA) is 52.0 Å². The van der Waals surface area contributed by atoms with Crippen LogP contribution in [-0.2, 0) is 7.05 Å². The summed E-state index contributed by atoms with van der Waals surface area (Å²) in [5.74, 6) is 2.74. The van der Waals surface area contributed by atoms with E-state index in [1.54, 1.807) is 12.4 Å². The fourth-order valence-electron chi connectivity index (χ4n) is 3.13. The van der Waals surface area contributed by atoms with Crippen molar-refractivity contribution in [2.75, 3.05) is 5.32 Å². The number of aryl methyl sites for hydroxylation is 1. The molecule has 0 amide bonds. The van der Waals surface area contributed by atoms with Crippen molar-refractivity contribution in [1.29, 1.82) is 0 Å². The van der Waals surface area contributed by atoms with E-state index in [0.717, 1.165) is 34.2 Å². The lowest BCUT2D eigenvalue weighted by molar-refractivity contribution is 0.482. The number of nitrogens with one attached hydrogen (secondary N) is 1. The maximum atomic E-state index is 5.89. The molecule has 0 atom stereocenters. The van der Waals surface area contributed by atoms with E-state index in [9.17, 15) is 0 Å². The molecular weight excluding hydrogens is 336 g/mol. The summed E-state index contributed by atoms with van der Waals surface area (Å²) < 4.78 is 7.95. The molecule has 27 heavy (non-hydrogen) atoms. The minimum absolute atomic E-state index is 0.434. The molecule has 0 unspecified atom stereocenters. The lowest BCUT2D eigenvalue weighted by Gasteiger charge is -2.14. The maximum absolute atomic E-state index is 5.89. The van der Waals surface area contributed by atoms with E-state index < -0.39 is 0 Å². The predicted octanol–water partition coefficient (Wildman–Crippen LogP) is 5.63. The molecule has 0 aliphatic heterocycles. The van der Waals surface area contributed by atoms with Gasteiger partial charge >= 0.3 is 0 Å². The number of pyridine rings is 1. The fraction of sp³-hybridized carbons (Fsp3) is 0.182. The van der Waals surface area contributed by atoms with Gasteiger partial charge in [0.25, 0.3) is 0 Å². The normalized spacial score (nSPS) is 11.1. The van der Waals surface area contributed by atoms with Crippen molar-refractivity contribution in [1.82, 2.24) is 14.5 Å². The lowest BCUT2D eigenvalue weighted by Crippen LogP contribution is -2.02. The van der Waals surface area contributed by atoms with Crippen LogP contribution in [0.25, 0.3) is 11.0 Å². The van der Waals surface area contributed by atoms with Gasteiger partial charge in [-0.2, -0.15) is 0 Å². The fourth-order valence-corrected chi connectivity index (χ4v) is 3.13. The number of imidazole rings is 1. The highest BCUT2D eigenvalue weighted by atomic mass is 16.5. The number of ether oxygens (including phenoxy) is 1. The molecule has 5 heteroatoms. The number of hydrogen-bond acceptors (Lipinski definition) is 4. The highest BCUT2D eigenvalue weighted by Crippen LogP contribution is 2.30. The number of nitrogens with zero attached hydrogens (tertiary/aromatic N) is 3. The summed E-state index contributed by atoms with van der Waals surface area (Å²) in [5, 5.41) is 3.48. The molecule has 2 aromatic heterocycles. The van der Waals surface area contributed by atoms with Crippen molar-refractivity contribution >= 4 is 22.7 Å². The van der Waals surface area contributed by atoms with Crippen LogP contribution in [0.3, 0.4) is 0 Å². The van der Waals surface area contributed by atoms with Crippen LogP contribution in [0.5, 0.6) is 11.5 Å². The van der Waals surface area contributed by atoms with Gasteiger partial charge in [0.05, 0.1) is 11.0 Å². The summed E-state index contributed by atoms with van der Waals surface area (Å²) in [4.78, 5) is 8.78. The van der Waals surface area contributed by atoms with Gasteiger partial charge in [0, 0.05) is 31.2 Å². The first kappa shape index (κ1) is 17.1. The van der Waals surface area contributed by atoms with Gasteiger partial charge in [-0.15, -0.1) is 0 Å². The van der Waals surface area contributed by atoms with Crippen molar-refractivity contribution in [3.8, 4) is 11.5 Å². The van der Waals surface area contributed by atoms with Crippen LogP contribution in [0.15, 0.2) is 67.0 Å². The second-order valence-electron chi connectivity index (χ2n) is 6.80. The Labute approximate surface area is 158 Å². The van der Waals surface area contributed by atoms with Crippen LogP contribution < -0.4 is 10.1 Å².